The Morgan fingerprint density at radius 3 is 2.71 bits per heavy atom. The highest BCUT2D eigenvalue weighted by molar-refractivity contribution is 6.31. The predicted octanol–water partition coefficient (Wildman–Crippen LogP) is 4.18. The number of aromatic amines is 1. The first-order valence-corrected chi connectivity index (χ1v) is 7.10. The van der Waals surface area contributed by atoms with Crippen LogP contribution in [-0.4, -0.2) is 4.98 Å². The molecule has 2 aromatic carbocycles. The lowest BCUT2D eigenvalue weighted by Gasteiger charge is -2.12. The van der Waals surface area contributed by atoms with Gasteiger partial charge in [-0.1, -0.05) is 48.0 Å². The Labute approximate surface area is 128 Å². The summed E-state index contributed by atoms with van der Waals surface area (Å²) in [4.78, 5) is 3.20. The monoisotopic (exact) mass is 295 g/mol. The predicted molar refractivity (Wildman–Crippen MR) is 84.9 cm³/mol. The zero-order valence-electron chi connectivity index (χ0n) is 11.3. The Morgan fingerprint density at radius 1 is 1.14 bits per heavy atom. The lowest BCUT2D eigenvalue weighted by molar-refractivity contribution is 0.634. The second-order valence-corrected chi connectivity index (χ2v) is 5.23. The lowest BCUT2D eigenvalue weighted by atomic mass is 10.1. The van der Waals surface area contributed by atoms with Gasteiger partial charge in [-0.3, -0.25) is 5.32 Å². The fraction of sp³-hybridized carbons (Fsp3) is 0.118. The molecule has 0 bridgehead atoms. The molecule has 3 aromatic rings. The molecular weight excluding hydrogens is 282 g/mol. The molecule has 104 valence electrons. The molecule has 4 heteroatoms. The lowest BCUT2D eigenvalue weighted by Crippen LogP contribution is -2.19. The van der Waals surface area contributed by atoms with E-state index >= 15 is 0 Å². The minimum absolute atomic E-state index is 0.377. The molecule has 0 aliphatic rings. The average Bonchev–Trinajstić information content (AvgIpc) is 2.94. The van der Waals surface area contributed by atoms with Gasteiger partial charge in [-0.05, 0) is 17.7 Å². The van der Waals surface area contributed by atoms with Crippen LogP contribution in [-0.2, 0) is 6.54 Å². The first kappa shape index (κ1) is 13.7. The largest absolute Gasteiger partial charge is 0.361 e. The van der Waals surface area contributed by atoms with E-state index in [0.29, 0.717) is 11.6 Å². The third kappa shape index (κ3) is 2.78. The third-order valence-corrected chi connectivity index (χ3v) is 3.88. The number of fused-ring (bicyclic) bond motifs is 1. The number of rotatable bonds is 4. The van der Waals surface area contributed by atoms with Gasteiger partial charge in [0.15, 0.2) is 0 Å². The normalized spacial score (nSPS) is 12.2. The average molecular weight is 296 g/mol. The Bertz CT molecular complexity index is 801. The first-order valence-electron chi connectivity index (χ1n) is 6.72. The van der Waals surface area contributed by atoms with Crippen LogP contribution in [0.15, 0.2) is 54.7 Å². The van der Waals surface area contributed by atoms with Crippen molar-refractivity contribution in [3.63, 3.8) is 0 Å². The van der Waals surface area contributed by atoms with Gasteiger partial charge in [0.25, 0.3) is 0 Å². The third-order valence-electron chi connectivity index (χ3n) is 3.52. The highest BCUT2D eigenvalue weighted by Gasteiger charge is 2.14. The van der Waals surface area contributed by atoms with Gasteiger partial charge in [-0.15, -0.1) is 0 Å². The standard InChI is InChI=1S/C17H14ClN3/c18-15-7-3-1-5-12(15)10-20-17(9-19)14-11-21-16-8-4-2-6-13(14)16/h1-8,11,17,20-21H,10H2. The van der Waals surface area contributed by atoms with Gasteiger partial charge in [-0.2, -0.15) is 5.26 Å². The number of nitrogens with one attached hydrogen (secondary N) is 2. The zero-order chi connectivity index (χ0) is 14.7. The maximum absolute atomic E-state index is 9.45. The van der Waals surface area contributed by atoms with Crippen molar-refractivity contribution in [3.05, 3.63) is 70.9 Å². The summed E-state index contributed by atoms with van der Waals surface area (Å²) in [5, 5.41) is 14.5. The summed E-state index contributed by atoms with van der Waals surface area (Å²) in [6.45, 7) is 0.553. The van der Waals surface area contributed by atoms with E-state index < -0.39 is 0 Å². The summed E-state index contributed by atoms with van der Waals surface area (Å²) in [6.07, 6.45) is 1.89. The molecule has 0 spiro atoms. The van der Waals surface area contributed by atoms with Crippen LogP contribution < -0.4 is 5.32 Å². The van der Waals surface area contributed by atoms with Gasteiger partial charge in [0.1, 0.15) is 6.04 Å². The number of nitriles is 1. The van der Waals surface area contributed by atoms with Gasteiger partial charge in [0.2, 0.25) is 0 Å². The Balaban J connectivity index is 1.83. The highest BCUT2D eigenvalue weighted by atomic mass is 35.5. The minimum atomic E-state index is -0.377. The Morgan fingerprint density at radius 2 is 1.90 bits per heavy atom. The summed E-state index contributed by atoms with van der Waals surface area (Å²) in [7, 11) is 0. The number of hydrogen-bond donors (Lipinski definition) is 2. The quantitative estimate of drug-likeness (QED) is 0.759. The fourth-order valence-corrected chi connectivity index (χ4v) is 2.61. The fourth-order valence-electron chi connectivity index (χ4n) is 2.41. The Hall–Kier alpha value is -2.28. The number of benzene rings is 2. The Kier molecular flexibility index (Phi) is 3.92. The van der Waals surface area contributed by atoms with Crippen molar-refractivity contribution in [2.45, 2.75) is 12.6 Å². The van der Waals surface area contributed by atoms with Crippen molar-refractivity contribution in [1.82, 2.24) is 10.3 Å². The van der Waals surface area contributed by atoms with Crippen molar-refractivity contribution < 1.29 is 0 Å². The molecule has 1 atom stereocenters. The van der Waals surface area contributed by atoms with Gasteiger partial charge in [-0.25, -0.2) is 0 Å². The first-order chi connectivity index (χ1) is 10.3. The van der Waals surface area contributed by atoms with E-state index in [0.717, 1.165) is 22.0 Å². The van der Waals surface area contributed by atoms with Gasteiger partial charge in [0.05, 0.1) is 6.07 Å². The molecule has 0 radical (unpaired) electrons. The van der Waals surface area contributed by atoms with Crippen LogP contribution >= 0.6 is 11.6 Å². The summed E-state index contributed by atoms with van der Waals surface area (Å²) >= 11 is 6.14. The maximum Gasteiger partial charge on any atom is 0.123 e. The smallest absolute Gasteiger partial charge is 0.123 e. The van der Waals surface area contributed by atoms with E-state index in [1.165, 1.54) is 0 Å². The van der Waals surface area contributed by atoms with E-state index in [1.54, 1.807) is 0 Å². The number of H-pyrrole nitrogens is 1. The SMILES string of the molecule is N#CC(NCc1ccccc1Cl)c1c[nH]c2ccccc12. The van der Waals surface area contributed by atoms with E-state index in [-0.39, 0.29) is 6.04 Å². The van der Waals surface area contributed by atoms with Gasteiger partial charge in [0, 0.05) is 34.2 Å². The van der Waals surface area contributed by atoms with E-state index in [1.807, 2.05) is 54.7 Å². The second kappa shape index (κ2) is 6.01. The van der Waals surface area contributed by atoms with Gasteiger partial charge < -0.3 is 4.98 Å². The summed E-state index contributed by atoms with van der Waals surface area (Å²) in [5.74, 6) is 0. The van der Waals surface area contributed by atoms with Crippen LogP contribution in [0.2, 0.25) is 5.02 Å². The topological polar surface area (TPSA) is 51.6 Å². The molecule has 1 aromatic heterocycles. The molecule has 3 nitrogen and oxygen atoms in total. The molecule has 0 fully saturated rings. The number of halogens is 1. The second-order valence-electron chi connectivity index (χ2n) is 4.82. The summed E-state index contributed by atoms with van der Waals surface area (Å²) in [5.41, 5.74) is 2.98. The van der Waals surface area contributed by atoms with Crippen molar-refractivity contribution in [3.8, 4) is 6.07 Å². The number of para-hydroxylation sites is 1. The van der Waals surface area contributed by atoms with Crippen molar-refractivity contribution in [1.29, 1.82) is 5.26 Å². The van der Waals surface area contributed by atoms with Crippen molar-refractivity contribution >= 4 is 22.5 Å². The van der Waals surface area contributed by atoms with E-state index in [4.69, 9.17) is 11.6 Å². The van der Waals surface area contributed by atoms with Crippen LogP contribution in [0, 0.1) is 11.3 Å². The van der Waals surface area contributed by atoms with Crippen molar-refractivity contribution in [2.75, 3.05) is 0 Å². The molecule has 1 unspecified atom stereocenters. The molecule has 2 N–H and O–H groups in total. The van der Waals surface area contributed by atoms with Crippen LogP contribution in [0.3, 0.4) is 0 Å². The minimum Gasteiger partial charge on any atom is -0.361 e. The number of hydrogen-bond acceptors (Lipinski definition) is 2. The molecule has 1 heterocycles. The van der Waals surface area contributed by atoms with Crippen LogP contribution in [0.5, 0.6) is 0 Å². The number of nitrogens with zero attached hydrogens (tertiary/aromatic N) is 1. The summed E-state index contributed by atoms with van der Waals surface area (Å²) < 4.78 is 0. The summed E-state index contributed by atoms with van der Waals surface area (Å²) in [6, 6.07) is 17.5. The molecule has 0 saturated heterocycles. The van der Waals surface area contributed by atoms with E-state index in [9.17, 15) is 5.26 Å². The van der Waals surface area contributed by atoms with E-state index in [2.05, 4.69) is 16.4 Å². The number of aromatic nitrogens is 1. The molecular formula is C17H14ClN3. The van der Waals surface area contributed by atoms with Crippen LogP contribution in [0.25, 0.3) is 10.9 Å². The van der Waals surface area contributed by atoms with Gasteiger partial charge >= 0.3 is 0 Å². The molecule has 0 amide bonds. The molecule has 3 rings (SSSR count). The zero-order valence-corrected chi connectivity index (χ0v) is 12.1. The molecule has 0 aliphatic carbocycles. The highest BCUT2D eigenvalue weighted by Crippen LogP contribution is 2.24. The van der Waals surface area contributed by atoms with Crippen LogP contribution in [0.4, 0.5) is 0 Å². The molecule has 0 aliphatic heterocycles. The van der Waals surface area contributed by atoms with Crippen molar-refractivity contribution in [2.24, 2.45) is 0 Å². The molecule has 0 saturated carbocycles. The molecule has 21 heavy (non-hydrogen) atoms. The van der Waals surface area contributed by atoms with Crippen LogP contribution in [0.1, 0.15) is 17.2 Å². The maximum atomic E-state index is 9.45.